The first-order valence-electron chi connectivity index (χ1n) is 9.38. The summed E-state index contributed by atoms with van der Waals surface area (Å²) in [5, 5.41) is 0. The van der Waals surface area contributed by atoms with Gasteiger partial charge in [0.15, 0.2) is 0 Å². The molecule has 0 spiro atoms. The number of hydrogen-bond donors (Lipinski definition) is 0. The zero-order valence-electron chi connectivity index (χ0n) is 15.2. The number of ether oxygens (including phenoxy) is 1. The van der Waals surface area contributed by atoms with Crippen molar-refractivity contribution in [3.63, 3.8) is 0 Å². The molecular formula is C20H38O2. The number of esters is 1. The first-order valence-corrected chi connectivity index (χ1v) is 9.38. The topological polar surface area (TPSA) is 26.3 Å². The Morgan fingerprint density at radius 3 is 1.86 bits per heavy atom. The van der Waals surface area contributed by atoms with Crippen molar-refractivity contribution >= 4 is 5.97 Å². The fourth-order valence-corrected chi connectivity index (χ4v) is 2.59. The summed E-state index contributed by atoms with van der Waals surface area (Å²) >= 11 is 0. The number of allylic oxidation sites excluding steroid dienone is 2. The van der Waals surface area contributed by atoms with Crippen LogP contribution in [0.2, 0.25) is 0 Å². The Kier molecular flexibility index (Phi) is 16.0. The van der Waals surface area contributed by atoms with Crippen LogP contribution in [0, 0.1) is 5.92 Å². The normalized spacial score (nSPS) is 11.5. The average Bonchev–Trinajstić information content (AvgIpc) is 2.50. The molecule has 0 radical (unpaired) electrons. The van der Waals surface area contributed by atoms with E-state index in [1.165, 1.54) is 71.3 Å². The summed E-state index contributed by atoms with van der Waals surface area (Å²) in [5.41, 5.74) is 0. The maximum absolute atomic E-state index is 10.9. The van der Waals surface area contributed by atoms with E-state index in [9.17, 15) is 4.79 Å². The SMILES string of the molecule is COC(=O)CC/C=C\CCCCCCCCCCCC(C)C. The van der Waals surface area contributed by atoms with Gasteiger partial charge in [-0.05, 0) is 25.2 Å². The molecule has 22 heavy (non-hydrogen) atoms. The maximum Gasteiger partial charge on any atom is 0.305 e. The molecule has 0 saturated carbocycles. The fourth-order valence-electron chi connectivity index (χ4n) is 2.59. The van der Waals surface area contributed by atoms with E-state index in [1.807, 2.05) is 0 Å². The van der Waals surface area contributed by atoms with Crippen molar-refractivity contribution in [3.05, 3.63) is 12.2 Å². The zero-order valence-corrected chi connectivity index (χ0v) is 15.2. The third-order valence-corrected chi connectivity index (χ3v) is 4.06. The highest BCUT2D eigenvalue weighted by Gasteiger charge is 1.96. The smallest absolute Gasteiger partial charge is 0.305 e. The van der Waals surface area contributed by atoms with Gasteiger partial charge >= 0.3 is 5.97 Å². The molecule has 2 heteroatoms. The first kappa shape index (κ1) is 21.2. The first-order chi connectivity index (χ1) is 10.7. The standard InChI is InChI=1S/C20H38O2/c1-19(2)17-15-13-11-9-7-5-4-6-8-10-12-14-16-18-20(21)22-3/h12,14,19H,4-11,13,15-18H2,1-3H3/b14-12-. The molecule has 0 aromatic heterocycles. The molecule has 0 aliphatic rings. The number of carbonyl (C=O) groups excluding carboxylic acids is 1. The lowest BCUT2D eigenvalue weighted by molar-refractivity contribution is -0.140. The molecule has 0 atom stereocenters. The summed E-state index contributed by atoms with van der Waals surface area (Å²) in [6, 6.07) is 0. The van der Waals surface area contributed by atoms with Crippen molar-refractivity contribution < 1.29 is 9.53 Å². The lowest BCUT2D eigenvalue weighted by Crippen LogP contribution is -1.97. The van der Waals surface area contributed by atoms with E-state index >= 15 is 0 Å². The van der Waals surface area contributed by atoms with E-state index < -0.39 is 0 Å². The van der Waals surface area contributed by atoms with Crippen molar-refractivity contribution in [1.29, 1.82) is 0 Å². The maximum atomic E-state index is 10.9. The van der Waals surface area contributed by atoms with Crippen molar-refractivity contribution in [2.24, 2.45) is 5.92 Å². The number of unbranched alkanes of at least 4 members (excludes halogenated alkanes) is 9. The van der Waals surface area contributed by atoms with E-state index in [1.54, 1.807) is 0 Å². The van der Waals surface area contributed by atoms with Crippen LogP contribution in [-0.2, 0) is 9.53 Å². The molecule has 0 fully saturated rings. The van der Waals surface area contributed by atoms with Gasteiger partial charge in [-0.3, -0.25) is 4.79 Å². The third kappa shape index (κ3) is 17.3. The lowest BCUT2D eigenvalue weighted by Gasteiger charge is -2.04. The summed E-state index contributed by atoms with van der Waals surface area (Å²) in [6.07, 6.45) is 20.7. The van der Waals surface area contributed by atoms with Crippen molar-refractivity contribution in [2.45, 2.75) is 97.3 Å². The van der Waals surface area contributed by atoms with E-state index in [0.717, 1.165) is 18.8 Å². The molecule has 0 N–H and O–H groups in total. The zero-order chi connectivity index (χ0) is 16.5. The molecule has 130 valence electrons. The van der Waals surface area contributed by atoms with Gasteiger partial charge in [-0.1, -0.05) is 83.8 Å². The molecule has 0 heterocycles. The largest absolute Gasteiger partial charge is 0.469 e. The van der Waals surface area contributed by atoms with Gasteiger partial charge in [0, 0.05) is 6.42 Å². The minimum absolute atomic E-state index is 0.117. The van der Waals surface area contributed by atoms with Gasteiger partial charge in [0.25, 0.3) is 0 Å². The Balaban J connectivity index is 3.11. The number of methoxy groups -OCH3 is 1. The highest BCUT2D eigenvalue weighted by molar-refractivity contribution is 5.69. The summed E-state index contributed by atoms with van der Waals surface area (Å²) in [5.74, 6) is 0.753. The quantitative estimate of drug-likeness (QED) is 0.197. The van der Waals surface area contributed by atoms with E-state index in [2.05, 4.69) is 30.7 Å². The predicted molar refractivity (Wildman–Crippen MR) is 96.0 cm³/mol. The number of carbonyl (C=O) groups is 1. The Labute approximate surface area is 138 Å². The van der Waals surface area contributed by atoms with E-state index in [-0.39, 0.29) is 5.97 Å². The van der Waals surface area contributed by atoms with Crippen LogP contribution in [0.15, 0.2) is 12.2 Å². The Hall–Kier alpha value is -0.790. The van der Waals surface area contributed by atoms with Gasteiger partial charge in [0.05, 0.1) is 7.11 Å². The summed E-state index contributed by atoms with van der Waals surface area (Å²) < 4.78 is 4.60. The summed E-state index contributed by atoms with van der Waals surface area (Å²) in [4.78, 5) is 10.9. The molecule has 0 aliphatic heterocycles. The van der Waals surface area contributed by atoms with Gasteiger partial charge in [-0.25, -0.2) is 0 Å². The average molecular weight is 311 g/mol. The number of hydrogen-bond acceptors (Lipinski definition) is 2. The van der Waals surface area contributed by atoms with Crippen LogP contribution in [0.25, 0.3) is 0 Å². The monoisotopic (exact) mass is 310 g/mol. The van der Waals surface area contributed by atoms with Crippen LogP contribution in [0.4, 0.5) is 0 Å². The minimum atomic E-state index is -0.117. The van der Waals surface area contributed by atoms with Crippen molar-refractivity contribution in [1.82, 2.24) is 0 Å². The molecule has 2 nitrogen and oxygen atoms in total. The highest BCUT2D eigenvalue weighted by Crippen LogP contribution is 2.13. The van der Waals surface area contributed by atoms with Crippen molar-refractivity contribution in [3.8, 4) is 0 Å². The van der Waals surface area contributed by atoms with Gasteiger partial charge in [0.2, 0.25) is 0 Å². The molecule has 0 saturated heterocycles. The van der Waals surface area contributed by atoms with Crippen LogP contribution in [-0.4, -0.2) is 13.1 Å². The molecule has 0 aromatic rings. The molecular weight excluding hydrogens is 272 g/mol. The van der Waals surface area contributed by atoms with Gasteiger partial charge in [-0.2, -0.15) is 0 Å². The van der Waals surface area contributed by atoms with Gasteiger partial charge < -0.3 is 4.74 Å². The van der Waals surface area contributed by atoms with Gasteiger partial charge in [-0.15, -0.1) is 0 Å². The van der Waals surface area contributed by atoms with Crippen LogP contribution < -0.4 is 0 Å². The molecule has 0 bridgehead atoms. The summed E-state index contributed by atoms with van der Waals surface area (Å²) in [7, 11) is 1.44. The molecule has 0 aromatic carbocycles. The Morgan fingerprint density at radius 2 is 1.32 bits per heavy atom. The second kappa shape index (κ2) is 16.6. The van der Waals surface area contributed by atoms with E-state index in [4.69, 9.17) is 0 Å². The molecule has 0 rings (SSSR count). The minimum Gasteiger partial charge on any atom is -0.469 e. The third-order valence-electron chi connectivity index (χ3n) is 4.06. The van der Waals surface area contributed by atoms with Crippen LogP contribution >= 0.6 is 0 Å². The molecule has 0 unspecified atom stereocenters. The van der Waals surface area contributed by atoms with Crippen molar-refractivity contribution in [2.75, 3.05) is 7.11 Å². The van der Waals surface area contributed by atoms with Crippen LogP contribution in [0.1, 0.15) is 97.3 Å². The fraction of sp³-hybridized carbons (Fsp3) is 0.850. The lowest BCUT2D eigenvalue weighted by atomic mass is 10.0. The number of rotatable bonds is 15. The van der Waals surface area contributed by atoms with Gasteiger partial charge in [0.1, 0.15) is 0 Å². The second-order valence-corrected chi connectivity index (χ2v) is 6.74. The summed E-state index contributed by atoms with van der Waals surface area (Å²) in [6.45, 7) is 4.63. The predicted octanol–water partition coefficient (Wildman–Crippen LogP) is 6.44. The highest BCUT2D eigenvalue weighted by atomic mass is 16.5. The molecule has 0 amide bonds. The van der Waals surface area contributed by atoms with Crippen LogP contribution in [0.5, 0.6) is 0 Å². The second-order valence-electron chi connectivity index (χ2n) is 6.74. The van der Waals surface area contributed by atoms with Crippen LogP contribution in [0.3, 0.4) is 0 Å². The van der Waals surface area contributed by atoms with E-state index in [0.29, 0.717) is 6.42 Å². The molecule has 0 aliphatic carbocycles. The Morgan fingerprint density at radius 1 is 0.818 bits per heavy atom. The Bertz CT molecular complexity index is 269.